The first-order valence-corrected chi connectivity index (χ1v) is 3.96. The van der Waals surface area contributed by atoms with Gasteiger partial charge in [-0.25, -0.2) is 0 Å². The number of rotatable bonds is 1. The second kappa shape index (κ2) is 2.71. The quantitative estimate of drug-likeness (QED) is 0.580. The topological polar surface area (TPSA) is 51.6 Å². The van der Waals surface area contributed by atoms with E-state index in [9.17, 15) is 0 Å². The van der Waals surface area contributed by atoms with Crippen molar-refractivity contribution in [2.24, 2.45) is 0 Å². The summed E-state index contributed by atoms with van der Waals surface area (Å²) in [6, 6.07) is 5.52. The molecule has 0 aliphatic carbocycles. The molecule has 0 saturated carbocycles. The van der Waals surface area contributed by atoms with E-state index in [1.165, 1.54) is 0 Å². The van der Waals surface area contributed by atoms with E-state index in [4.69, 9.17) is 8.76 Å². The summed E-state index contributed by atoms with van der Waals surface area (Å²) in [5, 5.41) is 0. The minimum atomic E-state index is -1.64. The molecule has 0 unspecified atom stereocenters. The fourth-order valence-corrected chi connectivity index (χ4v) is 0.998. The van der Waals surface area contributed by atoms with Crippen LogP contribution in [0.25, 0.3) is 0 Å². The minimum absolute atomic E-state index is 1.58. The van der Waals surface area contributed by atoms with Gasteiger partial charge < -0.3 is 0 Å². The van der Waals surface area contributed by atoms with Crippen LogP contribution in [0.4, 0.5) is 0 Å². The van der Waals surface area contributed by atoms with Crippen molar-refractivity contribution >= 4 is 0 Å². The third kappa shape index (κ3) is 1.59. The maximum absolute atomic E-state index is 7.03. The molecule has 0 aromatic carbocycles. The van der Waals surface area contributed by atoms with Crippen LogP contribution in [-0.4, -0.2) is 0 Å². The summed E-state index contributed by atoms with van der Waals surface area (Å²) in [7, 11) is 0. The van der Waals surface area contributed by atoms with E-state index in [0.717, 1.165) is 0 Å². The average Bonchev–Trinajstić information content (AvgIpc) is 1.90. The fourth-order valence-electron chi connectivity index (χ4n) is 0.479. The molecule has 9 heavy (non-hydrogen) atoms. The van der Waals surface area contributed by atoms with Gasteiger partial charge in [-0.1, -0.05) is 0 Å². The summed E-state index contributed by atoms with van der Waals surface area (Å²) >= 11 is -1.64. The van der Waals surface area contributed by atoms with Gasteiger partial charge in [-0.3, -0.25) is 0 Å². The van der Waals surface area contributed by atoms with E-state index in [1.807, 2.05) is 18.2 Å². The number of nitrogens with one attached hydrogen (secondary N) is 2. The molecule has 1 rings (SSSR count). The van der Waals surface area contributed by atoms with E-state index < -0.39 is 13.7 Å². The first-order valence-electron chi connectivity index (χ1n) is 2.36. The Bertz CT molecular complexity index is 244. The first-order chi connectivity index (χ1) is 4.30. The molecule has 1 aromatic rings. The average molecular weight is 165 g/mol. The van der Waals surface area contributed by atoms with Crippen LogP contribution in [-0.2, 0) is 13.7 Å². The van der Waals surface area contributed by atoms with Gasteiger partial charge in [0, 0.05) is 0 Å². The predicted octanol–water partition coefficient (Wildman–Crippen LogP) is 0.880. The number of nitrogens with zero attached hydrogens (tertiary/aromatic N) is 1. The van der Waals surface area contributed by atoms with Crippen LogP contribution in [0, 0.1) is 8.76 Å². The van der Waals surface area contributed by atoms with Crippen LogP contribution in [0.1, 0.15) is 0 Å². The molecular weight excluding hydrogens is 158 g/mol. The van der Waals surface area contributed by atoms with Crippen LogP contribution < -0.4 is 3.58 Å². The van der Waals surface area contributed by atoms with Crippen molar-refractivity contribution in [3.63, 3.8) is 0 Å². The second-order valence-corrected chi connectivity index (χ2v) is 2.79. The summed E-state index contributed by atoms with van der Waals surface area (Å²) in [5.74, 6) is 0. The van der Waals surface area contributed by atoms with E-state index in [-0.39, 0.29) is 0 Å². The molecule has 2 N–H and O–H groups in total. The Morgan fingerprint density at radius 1 is 1.00 bits per heavy atom. The zero-order chi connectivity index (χ0) is 6.69. The molecule has 0 amide bonds. The molecule has 3 nitrogen and oxygen atoms in total. The van der Waals surface area contributed by atoms with Crippen LogP contribution in [0.3, 0.4) is 0 Å². The molecule has 1 heterocycles. The summed E-state index contributed by atoms with van der Waals surface area (Å²) in [4.78, 5) is 0. The molecular formula is C5H7FeN3+. The van der Waals surface area contributed by atoms with Crippen LogP contribution >= 0.6 is 0 Å². The number of hydrogen-bond acceptors (Lipinski definition) is 2. The Morgan fingerprint density at radius 3 is 1.89 bits per heavy atom. The van der Waals surface area contributed by atoms with Crippen LogP contribution in [0.15, 0.2) is 30.6 Å². The summed E-state index contributed by atoms with van der Waals surface area (Å²) < 4.78 is 15.6. The SMILES string of the molecule is [NH]=[Fe](=[NH])[n+]1ccccc1. The Morgan fingerprint density at radius 2 is 1.56 bits per heavy atom. The van der Waals surface area contributed by atoms with Crippen LogP contribution in [0.5, 0.6) is 0 Å². The van der Waals surface area contributed by atoms with Crippen molar-refractivity contribution in [2.75, 3.05) is 0 Å². The number of hydrogen-bond donors (Lipinski definition) is 2. The van der Waals surface area contributed by atoms with Gasteiger partial charge >= 0.3 is 56.7 Å². The van der Waals surface area contributed by atoms with Crippen molar-refractivity contribution in [3.8, 4) is 0 Å². The third-order valence-corrected chi connectivity index (χ3v) is 1.75. The Balaban J connectivity index is 3.13. The van der Waals surface area contributed by atoms with Crippen molar-refractivity contribution in [1.82, 2.24) is 0 Å². The maximum atomic E-state index is 7.03. The van der Waals surface area contributed by atoms with Gasteiger partial charge in [0.05, 0.1) is 0 Å². The van der Waals surface area contributed by atoms with Gasteiger partial charge in [-0.15, -0.1) is 0 Å². The summed E-state index contributed by atoms with van der Waals surface area (Å²) in [5.41, 5.74) is 0. The zero-order valence-corrected chi connectivity index (χ0v) is 5.79. The standard InChI is InChI=1S/C5H5N.Fe.2HN/c1-2-4-6-5-3-1;;;/h1-5H;;2*1H/q;+1;;. The second-order valence-electron chi connectivity index (χ2n) is 1.45. The zero-order valence-electron chi connectivity index (χ0n) is 4.69. The molecule has 0 atom stereocenters. The summed E-state index contributed by atoms with van der Waals surface area (Å²) in [6.07, 6.45) is 3.47. The first kappa shape index (κ1) is 6.39. The Hall–Kier alpha value is -0.731. The molecule has 0 bridgehead atoms. The van der Waals surface area contributed by atoms with Crippen molar-refractivity contribution in [3.05, 3.63) is 30.6 Å². The van der Waals surface area contributed by atoms with Gasteiger partial charge in [0.1, 0.15) is 0 Å². The molecule has 0 aliphatic heterocycles. The van der Waals surface area contributed by atoms with Gasteiger partial charge in [0.2, 0.25) is 0 Å². The molecule has 0 radical (unpaired) electrons. The third-order valence-electron chi connectivity index (χ3n) is 0.854. The molecule has 49 valence electrons. The molecule has 0 fully saturated rings. The predicted molar refractivity (Wildman–Crippen MR) is 27.5 cm³/mol. The Labute approximate surface area is 57.2 Å². The van der Waals surface area contributed by atoms with E-state index in [2.05, 4.69) is 0 Å². The molecule has 4 heteroatoms. The van der Waals surface area contributed by atoms with E-state index in [0.29, 0.717) is 0 Å². The van der Waals surface area contributed by atoms with Gasteiger partial charge in [0.25, 0.3) is 0 Å². The van der Waals surface area contributed by atoms with Gasteiger partial charge in [-0.05, 0) is 0 Å². The van der Waals surface area contributed by atoms with Crippen molar-refractivity contribution < 1.29 is 17.3 Å². The summed E-state index contributed by atoms with van der Waals surface area (Å²) in [6.45, 7) is 0. The van der Waals surface area contributed by atoms with E-state index in [1.54, 1.807) is 16.0 Å². The number of aromatic nitrogens is 1. The molecule has 0 spiro atoms. The van der Waals surface area contributed by atoms with Crippen molar-refractivity contribution in [1.29, 1.82) is 8.76 Å². The van der Waals surface area contributed by atoms with E-state index >= 15 is 0 Å². The van der Waals surface area contributed by atoms with Crippen molar-refractivity contribution in [2.45, 2.75) is 0 Å². The fraction of sp³-hybridized carbons (Fsp3) is 0. The van der Waals surface area contributed by atoms with Gasteiger partial charge in [0.15, 0.2) is 0 Å². The monoisotopic (exact) mass is 165 g/mol. The Kier molecular flexibility index (Phi) is 1.92. The molecule has 1 aromatic heterocycles. The number of pyridine rings is 1. The molecule has 0 aliphatic rings. The van der Waals surface area contributed by atoms with Gasteiger partial charge in [-0.2, -0.15) is 0 Å². The van der Waals surface area contributed by atoms with Crippen LogP contribution in [0.2, 0.25) is 0 Å². The molecule has 0 saturated heterocycles. The normalized spacial score (nSPS) is 9.89.